The van der Waals surface area contributed by atoms with Crippen LogP contribution in [0.15, 0.2) is 0 Å². The van der Waals surface area contributed by atoms with Gasteiger partial charge in [0.1, 0.15) is 5.00 Å². The molecule has 1 aromatic heterocycles. The maximum Gasteiger partial charge on any atom is 0.251 e. The van der Waals surface area contributed by atoms with Gasteiger partial charge in [-0.2, -0.15) is 0 Å². The number of carbonyl (C=O) groups excluding carboxylic acids is 2. The van der Waals surface area contributed by atoms with Crippen molar-refractivity contribution in [1.29, 1.82) is 0 Å². The minimum atomic E-state index is -0.446. The zero-order chi connectivity index (χ0) is 15.4. The molecule has 0 fully saturated rings. The predicted octanol–water partition coefficient (Wildman–Crippen LogP) is 3.32. The predicted molar refractivity (Wildman–Crippen MR) is 87.2 cm³/mol. The average Bonchev–Trinajstić information content (AvgIpc) is 2.75. The van der Waals surface area contributed by atoms with Crippen LogP contribution in [0.3, 0.4) is 0 Å². The number of hydrogen-bond acceptors (Lipinski definition) is 3. The van der Waals surface area contributed by atoms with Crippen molar-refractivity contribution in [3.63, 3.8) is 0 Å². The molecular weight excluding hydrogens is 308 g/mol. The van der Waals surface area contributed by atoms with Crippen LogP contribution in [0.4, 0.5) is 5.00 Å². The molecule has 0 spiro atoms. The number of carbonyl (C=O) groups is 2. The molecule has 0 saturated heterocycles. The van der Waals surface area contributed by atoms with E-state index >= 15 is 0 Å². The van der Waals surface area contributed by atoms with Crippen LogP contribution in [0.25, 0.3) is 0 Å². The molecular formula is C15H21ClN2O2S. The van der Waals surface area contributed by atoms with E-state index in [-0.39, 0.29) is 5.91 Å². The zero-order valence-corrected chi connectivity index (χ0v) is 13.8. The highest BCUT2D eigenvalue weighted by Crippen LogP contribution is 2.39. The van der Waals surface area contributed by atoms with Gasteiger partial charge in [-0.25, -0.2) is 0 Å². The first kappa shape index (κ1) is 16.3. The highest BCUT2D eigenvalue weighted by atomic mass is 35.5. The summed E-state index contributed by atoms with van der Waals surface area (Å²) < 4.78 is 0. The van der Waals surface area contributed by atoms with E-state index in [0.29, 0.717) is 28.8 Å². The number of nitrogens with two attached hydrogens (primary N) is 1. The lowest BCUT2D eigenvalue weighted by atomic mass is 9.88. The lowest BCUT2D eigenvalue weighted by molar-refractivity contribution is -0.116. The van der Waals surface area contributed by atoms with E-state index in [1.807, 2.05) is 0 Å². The van der Waals surface area contributed by atoms with Gasteiger partial charge in [0.05, 0.1) is 5.56 Å². The fraction of sp³-hybridized carbons (Fsp3) is 0.600. The second-order valence-electron chi connectivity index (χ2n) is 5.61. The number of unbranched alkanes of at least 4 members (excludes halogenated alkanes) is 1. The van der Waals surface area contributed by atoms with Crippen molar-refractivity contribution >= 4 is 39.8 Å². The summed E-state index contributed by atoms with van der Waals surface area (Å²) in [5.41, 5.74) is 7.08. The molecule has 3 N–H and O–H groups in total. The Kier molecular flexibility index (Phi) is 5.65. The summed E-state index contributed by atoms with van der Waals surface area (Å²) in [6.45, 7) is 2.21. The number of anilines is 1. The van der Waals surface area contributed by atoms with Crippen molar-refractivity contribution in [3.05, 3.63) is 16.0 Å². The quantitative estimate of drug-likeness (QED) is 0.621. The number of rotatable bonds is 6. The summed E-state index contributed by atoms with van der Waals surface area (Å²) in [6, 6.07) is 0. The van der Waals surface area contributed by atoms with E-state index in [9.17, 15) is 9.59 Å². The van der Waals surface area contributed by atoms with Crippen LogP contribution < -0.4 is 11.1 Å². The molecule has 1 unspecified atom stereocenters. The molecule has 0 aromatic carbocycles. The molecule has 1 aliphatic carbocycles. The van der Waals surface area contributed by atoms with Gasteiger partial charge in [0.15, 0.2) is 0 Å². The molecule has 0 radical (unpaired) electrons. The van der Waals surface area contributed by atoms with Gasteiger partial charge in [-0.15, -0.1) is 22.9 Å². The van der Waals surface area contributed by atoms with Crippen molar-refractivity contribution in [2.24, 2.45) is 11.7 Å². The van der Waals surface area contributed by atoms with Crippen LogP contribution in [0.5, 0.6) is 0 Å². The maximum absolute atomic E-state index is 11.9. The van der Waals surface area contributed by atoms with Crippen molar-refractivity contribution in [1.82, 2.24) is 0 Å². The third-order valence-electron chi connectivity index (χ3n) is 3.80. The third kappa shape index (κ3) is 3.98. The molecule has 1 atom stereocenters. The first-order valence-electron chi connectivity index (χ1n) is 7.33. The van der Waals surface area contributed by atoms with Crippen molar-refractivity contribution in [2.45, 2.75) is 45.4 Å². The molecule has 0 saturated carbocycles. The first-order chi connectivity index (χ1) is 10.0. The summed E-state index contributed by atoms with van der Waals surface area (Å²) >= 11 is 7.11. The number of halogens is 1. The molecule has 4 nitrogen and oxygen atoms in total. The Morgan fingerprint density at radius 2 is 2.19 bits per heavy atom. The van der Waals surface area contributed by atoms with Crippen LogP contribution in [-0.2, 0) is 17.6 Å². The number of hydrogen-bond donors (Lipinski definition) is 2. The maximum atomic E-state index is 11.9. The number of alkyl halides is 1. The standard InChI is InChI=1S/C15H21ClN2O2S/c1-9-5-6-10-11(8-9)21-15(13(10)14(17)20)18-12(19)4-2-3-7-16/h9H,2-8H2,1H3,(H2,17,20)(H,18,19). The van der Waals surface area contributed by atoms with Crippen molar-refractivity contribution in [3.8, 4) is 0 Å². The summed E-state index contributed by atoms with van der Waals surface area (Å²) in [7, 11) is 0. The van der Waals surface area contributed by atoms with Gasteiger partial charge in [-0.3, -0.25) is 9.59 Å². The van der Waals surface area contributed by atoms with Crippen molar-refractivity contribution < 1.29 is 9.59 Å². The number of thiophene rings is 1. The molecule has 2 rings (SSSR count). The Hall–Kier alpha value is -1.07. The molecule has 6 heteroatoms. The SMILES string of the molecule is CC1CCc2c(sc(NC(=O)CCCCCl)c2C(N)=O)C1. The van der Waals surface area contributed by atoms with Gasteiger partial charge >= 0.3 is 0 Å². The molecule has 1 aliphatic rings. The number of fused-ring (bicyclic) bond motifs is 1. The van der Waals surface area contributed by atoms with Gasteiger partial charge in [-0.05, 0) is 43.6 Å². The van der Waals surface area contributed by atoms with E-state index in [4.69, 9.17) is 17.3 Å². The first-order valence-corrected chi connectivity index (χ1v) is 8.68. The highest BCUT2D eigenvalue weighted by Gasteiger charge is 2.27. The monoisotopic (exact) mass is 328 g/mol. The minimum Gasteiger partial charge on any atom is -0.365 e. The number of amides is 2. The van der Waals surface area contributed by atoms with Crippen LogP contribution in [0.1, 0.15) is 53.4 Å². The summed E-state index contributed by atoms with van der Waals surface area (Å²) in [5.74, 6) is 0.655. The van der Waals surface area contributed by atoms with E-state index < -0.39 is 5.91 Å². The second-order valence-corrected chi connectivity index (χ2v) is 7.10. The Balaban J connectivity index is 2.15. The molecule has 0 bridgehead atoms. The third-order valence-corrected chi connectivity index (χ3v) is 5.24. The molecule has 1 aromatic rings. The molecule has 1 heterocycles. The van der Waals surface area contributed by atoms with E-state index in [1.165, 1.54) is 16.2 Å². The lowest BCUT2D eigenvalue weighted by Crippen LogP contribution is -2.19. The fourth-order valence-electron chi connectivity index (χ4n) is 2.67. The molecule has 2 amide bonds. The van der Waals surface area contributed by atoms with E-state index in [1.54, 1.807) is 0 Å². The van der Waals surface area contributed by atoms with Crippen LogP contribution in [-0.4, -0.2) is 17.7 Å². The fourth-order valence-corrected chi connectivity index (χ4v) is 4.29. The van der Waals surface area contributed by atoms with Gasteiger partial charge in [0, 0.05) is 17.2 Å². The van der Waals surface area contributed by atoms with Crippen LogP contribution in [0.2, 0.25) is 0 Å². The van der Waals surface area contributed by atoms with Gasteiger partial charge in [0.25, 0.3) is 5.91 Å². The Morgan fingerprint density at radius 3 is 2.86 bits per heavy atom. The normalized spacial score (nSPS) is 17.3. The largest absolute Gasteiger partial charge is 0.365 e. The number of nitrogens with one attached hydrogen (secondary N) is 1. The van der Waals surface area contributed by atoms with Gasteiger partial charge < -0.3 is 11.1 Å². The lowest BCUT2D eigenvalue weighted by Gasteiger charge is -2.18. The smallest absolute Gasteiger partial charge is 0.251 e. The minimum absolute atomic E-state index is 0.0748. The Morgan fingerprint density at radius 1 is 1.43 bits per heavy atom. The van der Waals surface area contributed by atoms with Crippen LogP contribution >= 0.6 is 22.9 Å². The summed E-state index contributed by atoms with van der Waals surface area (Å²) in [6.07, 6.45) is 4.88. The molecule has 116 valence electrons. The van der Waals surface area contributed by atoms with E-state index in [0.717, 1.165) is 37.7 Å². The zero-order valence-electron chi connectivity index (χ0n) is 12.2. The summed E-state index contributed by atoms with van der Waals surface area (Å²) in [4.78, 5) is 24.9. The molecule has 0 aliphatic heterocycles. The Labute approximate surface area is 134 Å². The van der Waals surface area contributed by atoms with Crippen LogP contribution in [0, 0.1) is 5.92 Å². The molecule has 21 heavy (non-hydrogen) atoms. The van der Waals surface area contributed by atoms with Gasteiger partial charge in [0.2, 0.25) is 5.91 Å². The van der Waals surface area contributed by atoms with Crippen molar-refractivity contribution in [2.75, 3.05) is 11.2 Å². The van der Waals surface area contributed by atoms with E-state index in [2.05, 4.69) is 12.2 Å². The van der Waals surface area contributed by atoms with Gasteiger partial charge in [-0.1, -0.05) is 6.92 Å². The number of primary amides is 1. The highest BCUT2D eigenvalue weighted by molar-refractivity contribution is 7.17. The Bertz CT molecular complexity index is 542. The topological polar surface area (TPSA) is 72.2 Å². The average molecular weight is 329 g/mol. The second kappa shape index (κ2) is 7.27. The summed E-state index contributed by atoms with van der Waals surface area (Å²) in [5, 5.41) is 3.48.